The lowest BCUT2D eigenvalue weighted by molar-refractivity contribution is 0.411. The third kappa shape index (κ3) is 2.27. The number of benzene rings is 1. The molecule has 0 radical (unpaired) electrons. The molecule has 6 heteroatoms. The number of halogens is 4. The third-order valence-electron chi connectivity index (χ3n) is 2.28. The molecular weight excluding hydrogens is 248 g/mol. The monoisotopic (exact) mass is 256 g/mol. The maximum Gasteiger partial charge on any atom is 0.253 e. The van der Waals surface area contributed by atoms with Gasteiger partial charge in [0.1, 0.15) is 5.69 Å². The highest BCUT2D eigenvalue weighted by atomic mass is 19.2. The highest BCUT2D eigenvalue weighted by Crippen LogP contribution is 2.26. The van der Waals surface area contributed by atoms with E-state index in [0.717, 1.165) is 5.56 Å². The molecule has 1 aromatic carbocycles. The molecule has 2 nitrogen and oxygen atoms in total. The van der Waals surface area contributed by atoms with Crippen molar-refractivity contribution in [2.75, 3.05) is 5.32 Å². The molecule has 0 amide bonds. The first-order chi connectivity index (χ1) is 8.49. The number of hydrogen-bond acceptors (Lipinski definition) is 2. The van der Waals surface area contributed by atoms with Crippen LogP contribution in [0.1, 0.15) is 5.56 Å². The summed E-state index contributed by atoms with van der Waals surface area (Å²) in [7, 11) is 0. The van der Waals surface area contributed by atoms with E-state index in [9.17, 15) is 17.6 Å². The second-order valence-electron chi connectivity index (χ2n) is 3.69. The highest BCUT2D eigenvalue weighted by molar-refractivity contribution is 5.61. The van der Waals surface area contributed by atoms with Crippen molar-refractivity contribution in [2.24, 2.45) is 0 Å². The molecule has 0 saturated heterocycles. The summed E-state index contributed by atoms with van der Waals surface area (Å²) in [6.07, 6.45) is 0. The average molecular weight is 256 g/mol. The summed E-state index contributed by atoms with van der Waals surface area (Å²) in [6.45, 7) is 1.77. The summed E-state index contributed by atoms with van der Waals surface area (Å²) in [6, 6.07) is 6.50. The maximum atomic E-state index is 13.3. The van der Waals surface area contributed by atoms with Crippen molar-refractivity contribution < 1.29 is 17.6 Å². The first-order valence-corrected chi connectivity index (χ1v) is 5.02. The van der Waals surface area contributed by atoms with Gasteiger partial charge in [0, 0.05) is 5.69 Å². The van der Waals surface area contributed by atoms with Gasteiger partial charge in [-0.2, -0.15) is 22.5 Å². The molecule has 1 heterocycles. The van der Waals surface area contributed by atoms with Crippen LogP contribution in [0.5, 0.6) is 0 Å². The van der Waals surface area contributed by atoms with E-state index in [4.69, 9.17) is 0 Å². The Labute approximate surface area is 100 Å². The molecule has 2 aromatic rings. The van der Waals surface area contributed by atoms with Gasteiger partial charge in [0.2, 0.25) is 11.6 Å². The zero-order valence-electron chi connectivity index (χ0n) is 9.27. The first kappa shape index (κ1) is 12.3. The summed E-state index contributed by atoms with van der Waals surface area (Å²) in [4.78, 5) is 2.47. The molecule has 1 aromatic heterocycles. The van der Waals surface area contributed by atoms with E-state index < -0.39 is 29.2 Å². The molecule has 0 saturated carbocycles. The largest absolute Gasteiger partial charge is 0.350 e. The van der Waals surface area contributed by atoms with Gasteiger partial charge in [0.05, 0.1) is 0 Å². The molecule has 0 bridgehead atoms. The lowest BCUT2D eigenvalue weighted by Crippen LogP contribution is -2.06. The van der Waals surface area contributed by atoms with Gasteiger partial charge in [-0.15, -0.1) is 0 Å². The molecule has 0 unspecified atom stereocenters. The fourth-order valence-electron chi connectivity index (χ4n) is 1.46. The Morgan fingerprint density at radius 1 is 1.00 bits per heavy atom. The number of aryl methyl sites for hydroxylation is 1. The van der Waals surface area contributed by atoms with E-state index >= 15 is 0 Å². The number of aromatic nitrogens is 1. The minimum absolute atomic E-state index is 0.317. The van der Waals surface area contributed by atoms with E-state index in [1.54, 1.807) is 25.1 Å². The Balaban J connectivity index is 2.46. The van der Waals surface area contributed by atoms with Crippen LogP contribution in [0.25, 0.3) is 0 Å². The van der Waals surface area contributed by atoms with Gasteiger partial charge in [0.15, 0.2) is 0 Å². The predicted molar refractivity (Wildman–Crippen MR) is 58.5 cm³/mol. The van der Waals surface area contributed by atoms with Crippen LogP contribution >= 0.6 is 0 Å². The Hall–Kier alpha value is -2.11. The highest BCUT2D eigenvalue weighted by Gasteiger charge is 2.20. The van der Waals surface area contributed by atoms with Gasteiger partial charge in [-0.1, -0.05) is 12.1 Å². The van der Waals surface area contributed by atoms with Gasteiger partial charge in [0.25, 0.3) is 11.9 Å². The van der Waals surface area contributed by atoms with Crippen LogP contribution < -0.4 is 5.32 Å². The SMILES string of the molecule is Cc1cccc(Nc2c(F)c(F)nc(F)c2F)c1. The van der Waals surface area contributed by atoms with Crippen molar-refractivity contribution in [1.82, 2.24) is 4.98 Å². The number of nitrogens with one attached hydrogen (secondary N) is 1. The molecule has 0 aliphatic rings. The quantitative estimate of drug-likeness (QED) is 0.654. The first-order valence-electron chi connectivity index (χ1n) is 5.02. The molecule has 0 atom stereocenters. The minimum atomic E-state index is -1.69. The van der Waals surface area contributed by atoms with Gasteiger partial charge in [-0.25, -0.2) is 0 Å². The van der Waals surface area contributed by atoms with Crippen LogP contribution in [0.15, 0.2) is 24.3 Å². The standard InChI is InChI=1S/C12H8F4N2/c1-6-3-2-4-7(5-6)17-10-8(13)11(15)18-12(16)9(10)14/h2-5H,1H3,(H,17,18). The summed E-state index contributed by atoms with van der Waals surface area (Å²) in [5.74, 6) is -6.50. The van der Waals surface area contributed by atoms with Gasteiger partial charge < -0.3 is 5.32 Å². The second kappa shape index (κ2) is 4.64. The lowest BCUT2D eigenvalue weighted by atomic mass is 10.2. The molecule has 94 valence electrons. The predicted octanol–water partition coefficient (Wildman–Crippen LogP) is 3.69. The Morgan fingerprint density at radius 3 is 2.17 bits per heavy atom. The van der Waals surface area contributed by atoms with Crippen LogP contribution in [0.4, 0.5) is 28.9 Å². The van der Waals surface area contributed by atoms with Crippen LogP contribution in [-0.4, -0.2) is 4.98 Å². The van der Waals surface area contributed by atoms with Crippen molar-refractivity contribution in [3.05, 3.63) is 53.4 Å². The van der Waals surface area contributed by atoms with Crippen LogP contribution in [-0.2, 0) is 0 Å². The lowest BCUT2D eigenvalue weighted by Gasteiger charge is -2.09. The minimum Gasteiger partial charge on any atom is -0.350 e. The summed E-state index contributed by atoms with van der Waals surface area (Å²) in [5, 5.41) is 2.29. The van der Waals surface area contributed by atoms with E-state index in [1.807, 2.05) is 0 Å². The fraction of sp³-hybridized carbons (Fsp3) is 0.0833. The van der Waals surface area contributed by atoms with Crippen molar-refractivity contribution in [1.29, 1.82) is 0 Å². The van der Waals surface area contributed by atoms with Crippen LogP contribution in [0.3, 0.4) is 0 Å². The zero-order chi connectivity index (χ0) is 13.3. The molecule has 0 spiro atoms. The van der Waals surface area contributed by atoms with Crippen LogP contribution in [0.2, 0.25) is 0 Å². The third-order valence-corrected chi connectivity index (χ3v) is 2.28. The summed E-state index contributed by atoms with van der Waals surface area (Å²) >= 11 is 0. The topological polar surface area (TPSA) is 24.9 Å². The molecular formula is C12H8F4N2. The Bertz CT molecular complexity index is 573. The van der Waals surface area contributed by atoms with E-state index in [-0.39, 0.29) is 0 Å². The van der Waals surface area contributed by atoms with Crippen molar-refractivity contribution in [2.45, 2.75) is 6.92 Å². The number of hydrogen-bond donors (Lipinski definition) is 1. The second-order valence-corrected chi connectivity index (χ2v) is 3.69. The van der Waals surface area contributed by atoms with Crippen LogP contribution in [0, 0.1) is 30.5 Å². The van der Waals surface area contributed by atoms with E-state index in [1.165, 1.54) is 6.07 Å². The normalized spacial score (nSPS) is 10.5. The number of rotatable bonds is 2. The molecule has 0 aliphatic heterocycles. The van der Waals surface area contributed by atoms with E-state index in [0.29, 0.717) is 5.69 Å². The molecule has 18 heavy (non-hydrogen) atoms. The number of pyridine rings is 1. The number of anilines is 2. The Morgan fingerprint density at radius 2 is 1.61 bits per heavy atom. The zero-order valence-corrected chi connectivity index (χ0v) is 9.27. The fourth-order valence-corrected chi connectivity index (χ4v) is 1.46. The average Bonchev–Trinajstić information content (AvgIpc) is 2.32. The maximum absolute atomic E-state index is 13.3. The molecule has 0 fully saturated rings. The molecule has 1 N–H and O–H groups in total. The number of nitrogens with zero attached hydrogens (tertiary/aromatic N) is 1. The summed E-state index contributed by atoms with van der Waals surface area (Å²) in [5.41, 5.74) is 0.249. The van der Waals surface area contributed by atoms with Gasteiger partial charge >= 0.3 is 0 Å². The Kier molecular flexibility index (Phi) is 3.18. The smallest absolute Gasteiger partial charge is 0.253 e. The van der Waals surface area contributed by atoms with Crippen molar-refractivity contribution >= 4 is 11.4 Å². The van der Waals surface area contributed by atoms with Crippen molar-refractivity contribution in [3.63, 3.8) is 0 Å². The molecule has 0 aliphatic carbocycles. The van der Waals surface area contributed by atoms with Gasteiger partial charge in [-0.3, -0.25) is 0 Å². The summed E-state index contributed by atoms with van der Waals surface area (Å²) < 4.78 is 52.4. The molecule has 2 rings (SSSR count). The van der Waals surface area contributed by atoms with Gasteiger partial charge in [-0.05, 0) is 24.6 Å². The van der Waals surface area contributed by atoms with Crippen molar-refractivity contribution in [3.8, 4) is 0 Å². The van der Waals surface area contributed by atoms with E-state index in [2.05, 4.69) is 10.3 Å².